The third-order valence-corrected chi connectivity index (χ3v) is 5.67. The minimum absolute atomic E-state index is 0.119. The van der Waals surface area contributed by atoms with E-state index in [1.165, 1.54) is 11.3 Å². The third-order valence-electron chi connectivity index (χ3n) is 4.46. The summed E-state index contributed by atoms with van der Waals surface area (Å²) in [6.45, 7) is 0. The smallest absolute Gasteiger partial charge is 0.344 e. The molecule has 0 saturated carbocycles. The van der Waals surface area contributed by atoms with Gasteiger partial charge in [0.15, 0.2) is 4.47 Å². The highest BCUT2D eigenvalue weighted by Gasteiger charge is 2.36. The number of nitrogens with zero attached hydrogens (tertiary/aromatic N) is 3. The van der Waals surface area contributed by atoms with Crippen LogP contribution in [0.1, 0.15) is 23.2 Å². The molecule has 4 rings (SSSR count). The first-order valence-corrected chi connectivity index (χ1v) is 8.78. The SMILES string of the molecule is Cn1c2[n+](c([O-])c(-c3ccccc3)c1=O)[C@H](c1cnc(Cl)s1)CC2. The number of rotatable bonds is 2. The molecule has 0 amide bonds. The van der Waals surface area contributed by atoms with Gasteiger partial charge in [0.1, 0.15) is 11.6 Å². The fraction of sp³-hybridized carbons (Fsp3) is 0.235. The van der Waals surface area contributed by atoms with Crippen molar-refractivity contribution in [2.45, 2.75) is 18.9 Å². The molecule has 7 heteroatoms. The van der Waals surface area contributed by atoms with E-state index in [4.69, 9.17) is 11.6 Å². The van der Waals surface area contributed by atoms with Crippen LogP contribution in [0.5, 0.6) is 5.88 Å². The molecule has 0 N–H and O–H groups in total. The van der Waals surface area contributed by atoms with Gasteiger partial charge in [0.2, 0.25) is 0 Å². The highest BCUT2D eigenvalue weighted by molar-refractivity contribution is 7.15. The molecular weight excluding hydrogens is 346 g/mol. The first-order valence-electron chi connectivity index (χ1n) is 7.59. The lowest BCUT2D eigenvalue weighted by molar-refractivity contribution is -0.747. The van der Waals surface area contributed by atoms with E-state index in [2.05, 4.69) is 4.98 Å². The Labute approximate surface area is 147 Å². The van der Waals surface area contributed by atoms with Crippen molar-refractivity contribution >= 4 is 22.9 Å². The molecule has 0 aliphatic carbocycles. The van der Waals surface area contributed by atoms with E-state index in [0.29, 0.717) is 16.5 Å². The van der Waals surface area contributed by atoms with Crippen LogP contribution in [0.25, 0.3) is 11.1 Å². The van der Waals surface area contributed by atoms with E-state index in [9.17, 15) is 9.90 Å². The molecule has 0 fully saturated rings. The predicted octanol–water partition coefficient (Wildman–Crippen LogP) is 2.06. The number of aromatic nitrogens is 3. The van der Waals surface area contributed by atoms with E-state index >= 15 is 0 Å². The molecule has 5 nitrogen and oxygen atoms in total. The van der Waals surface area contributed by atoms with Crippen molar-refractivity contribution < 1.29 is 9.67 Å². The molecule has 1 atom stereocenters. The Morgan fingerprint density at radius 3 is 2.79 bits per heavy atom. The molecule has 3 aromatic rings. The van der Waals surface area contributed by atoms with E-state index in [-0.39, 0.29) is 23.0 Å². The minimum Gasteiger partial charge on any atom is -0.842 e. The Hall–Kier alpha value is -2.18. The normalized spacial score (nSPS) is 16.3. The van der Waals surface area contributed by atoms with Crippen LogP contribution in [0.15, 0.2) is 41.3 Å². The Balaban J connectivity index is 1.97. The van der Waals surface area contributed by atoms with Crippen molar-refractivity contribution in [1.82, 2.24) is 9.55 Å². The Morgan fingerprint density at radius 2 is 2.12 bits per heavy atom. The summed E-state index contributed by atoms with van der Waals surface area (Å²) in [5, 5.41) is 13.1. The lowest BCUT2D eigenvalue weighted by Crippen LogP contribution is -2.47. The summed E-state index contributed by atoms with van der Waals surface area (Å²) in [5.74, 6) is 0.505. The summed E-state index contributed by atoms with van der Waals surface area (Å²) >= 11 is 7.33. The van der Waals surface area contributed by atoms with Gasteiger partial charge in [0, 0.05) is 12.6 Å². The molecule has 0 spiro atoms. The zero-order valence-electron chi connectivity index (χ0n) is 12.9. The van der Waals surface area contributed by atoms with Gasteiger partial charge in [-0.05, 0) is 5.56 Å². The van der Waals surface area contributed by atoms with Crippen molar-refractivity contribution in [2.75, 3.05) is 0 Å². The number of halogens is 1. The van der Waals surface area contributed by atoms with E-state index in [1.54, 1.807) is 34.5 Å². The van der Waals surface area contributed by atoms with E-state index < -0.39 is 0 Å². The Bertz CT molecular complexity index is 981. The quantitative estimate of drug-likeness (QED) is 0.658. The van der Waals surface area contributed by atoms with Crippen LogP contribution >= 0.6 is 22.9 Å². The molecule has 0 bridgehead atoms. The Kier molecular flexibility index (Phi) is 3.66. The summed E-state index contributed by atoms with van der Waals surface area (Å²) in [5.41, 5.74) is 0.608. The van der Waals surface area contributed by atoms with Crippen LogP contribution in [0.3, 0.4) is 0 Å². The maximum atomic E-state index is 13.1. The number of thiazole rings is 1. The second kappa shape index (κ2) is 5.72. The van der Waals surface area contributed by atoms with Crippen molar-refractivity contribution in [1.29, 1.82) is 0 Å². The standard InChI is InChI=1S/C17H14ClN3O2S/c1-20-13-8-7-11(12-9-19-17(18)24-12)21(13)16(23)14(15(20)22)10-5-3-2-4-6-10/h2-6,9,11H,7-8H2,1H3/t11-/m0/s1. The molecule has 2 aromatic heterocycles. The first-order chi connectivity index (χ1) is 11.6. The average Bonchev–Trinajstić information content (AvgIpc) is 3.20. The van der Waals surface area contributed by atoms with Gasteiger partial charge in [-0.25, -0.2) is 14.3 Å². The molecule has 0 radical (unpaired) electrons. The van der Waals surface area contributed by atoms with Crippen molar-refractivity contribution in [3.05, 3.63) is 62.1 Å². The fourth-order valence-corrected chi connectivity index (χ4v) is 4.40. The van der Waals surface area contributed by atoms with Crippen LogP contribution < -0.4 is 15.2 Å². The van der Waals surface area contributed by atoms with Crippen LogP contribution in [0, 0.1) is 0 Å². The topological polar surface area (TPSA) is 61.8 Å². The lowest BCUT2D eigenvalue weighted by atomic mass is 10.1. The van der Waals surface area contributed by atoms with Crippen molar-refractivity contribution in [3.63, 3.8) is 0 Å². The van der Waals surface area contributed by atoms with Gasteiger partial charge in [0.25, 0.3) is 5.82 Å². The zero-order valence-corrected chi connectivity index (χ0v) is 14.5. The summed E-state index contributed by atoms with van der Waals surface area (Å²) in [4.78, 5) is 17.7. The number of benzene rings is 1. The number of hydrogen-bond donors (Lipinski definition) is 0. The fourth-order valence-electron chi connectivity index (χ4n) is 3.32. The van der Waals surface area contributed by atoms with Crippen LogP contribution in [0.4, 0.5) is 0 Å². The van der Waals surface area contributed by atoms with Crippen LogP contribution in [-0.4, -0.2) is 9.55 Å². The van der Waals surface area contributed by atoms with Gasteiger partial charge >= 0.3 is 5.56 Å². The molecule has 24 heavy (non-hydrogen) atoms. The zero-order chi connectivity index (χ0) is 16.8. The molecule has 1 aliphatic rings. The maximum Gasteiger partial charge on any atom is 0.344 e. The van der Waals surface area contributed by atoms with Crippen molar-refractivity contribution in [3.8, 4) is 17.0 Å². The molecule has 0 unspecified atom stereocenters. The monoisotopic (exact) mass is 359 g/mol. The molecule has 1 aliphatic heterocycles. The summed E-state index contributed by atoms with van der Waals surface area (Å²) in [6, 6.07) is 8.98. The first kappa shape index (κ1) is 15.4. The number of fused-ring (bicyclic) bond motifs is 1. The van der Waals surface area contributed by atoms with Crippen LogP contribution in [-0.2, 0) is 13.5 Å². The summed E-state index contributed by atoms with van der Waals surface area (Å²) in [7, 11) is 1.72. The van der Waals surface area contributed by atoms with Gasteiger partial charge in [-0.2, -0.15) is 4.57 Å². The summed E-state index contributed by atoms with van der Waals surface area (Å²) in [6.07, 6.45) is 3.15. The van der Waals surface area contributed by atoms with E-state index in [0.717, 1.165) is 17.1 Å². The molecule has 1 aromatic carbocycles. The minimum atomic E-state index is -0.250. The van der Waals surface area contributed by atoms with Gasteiger partial charge in [-0.1, -0.05) is 41.9 Å². The molecule has 0 saturated heterocycles. The Morgan fingerprint density at radius 1 is 1.38 bits per heavy atom. The second-order valence-electron chi connectivity index (χ2n) is 5.77. The summed E-state index contributed by atoms with van der Waals surface area (Å²) < 4.78 is 3.78. The van der Waals surface area contributed by atoms with E-state index in [1.807, 2.05) is 18.2 Å². The maximum absolute atomic E-state index is 13.1. The largest absolute Gasteiger partial charge is 0.842 e. The highest BCUT2D eigenvalue weighted by Crippen LogP contribution is 2.33. The molecular formula is C17H14ClN3O2S. The van der Waals surface area contributed by atoms with Crippen molar-refractivity contribution in [2.24, 2.45) is 7.05 Å². The third kappa shape index (κ3) is 2.25. The van der Waals surface area contributed by atoms with Gasteiger partial charge < -0.3 is 5.11 Å². The van der Waals surface area contributed by atoms with Gasteiger partial charge in [-0.15, -0.1) is 11.3 Å². The van der Waals surface area contributed by atoms with Crippen LogP contribution in [0.2, 0.25) is 4.47 Å². The predicted molar refractivity (Wildman–Crippen MR) is 90.3 cm³/mol. The lowest BCUT2D eigenvalue weighted by Gasteiger charge is -2.19. The molecule has 122 valence electrons. The highest BCUT2D eigenvalue weighted by atomic mass is 35.5. The van der Waals surface area contributed by atoms with Gasteiger partial charge in [-0.3, -0.25) is 0 Å². The average molecular weight is 360 g/mol. The van der Waals surface area contributed by atoms with Gasteiger partial charge in [0.05, 0.1) is 24.2 Å². The molecule has 3 heterocycles. The second-order valence-corrected chi connectivity index (χ2v) is 7.41. The number of hydrogen-bond acceptors (Lipinski definition) is 4.